The molecule has 0 unspecified atom stereocenters. The number of nitrogen functional groups attached to an aromatic ring is 1. The average Bonchev–Trinajstić information content (AvgIpc) is 3.52. The summed E-state index contributed by atoms with van der Waals surface area (Å²) in [5.41, 5.74) is 10.9. The summed E-state index contributed by atoms with van der Waals surface area (Å²) in [5.74, 6) is 1.82. The minimum Gasteiger partial charge on any atom is -0.457 e. The SMILES string of the molecule is CN1CCN(C2CCC(n3nc(-c4ccc(Oc5cccc(CNC(=O)NCc6ccccc6)c5)cc4)c4c(N)ncnc43)CC2)CC1. The van der Waals surface area contributed by atoms with Crippen LogP contribution in [0.1, 0.15) is 42.9 Å². The second kappa shape index (κ2) is 14.4. The number of nitrogens with one attached hydrogen (secondary N) is 2. The van der Waals surface area contributed by atoms with Gasteiger partial charge in [0, 0.05) is 50.9 Å². The van der Waals surface area contributed by atoms with E-state index in [-0.39, 0.29) is 12.1 Å². The number of anilines is 1. The molecular formula is C37H43N9O2. The largest absolute Gasteiger partial charge is 0.457 e. The summed E-state index contributed by atoms with van der Waals surface area (Å²) in [6, 6.07) is 26.1. The second-order valence-electron chi connectivity index (χ2n) is 12.8. The number of urea groups is 1. The van der Waals surface area contributed by atoms with Crippen LogP contribution in [0.25, 0.3) is 22.3 Å². The lowest BCUT2D eigenvalue weighted by molar-refractivity contribution is 0.0815. The molecule has 1 saturated carbocycles. The molecule has 7 rings (SSSR count). The quantitative estimate of drug-likeness (QED) is 0.189. The summed E-state index contributed by atoms with van der Waals surface area (Å²) in [5, 5.41) is 11.7. The predicted molar refractivity (Wildman–Crippen MR) is 188 cm³/mol. The van der Waals surface area contributed by atoms with Gasteiger partial charge in [-0.1, -0.05) is 42.5 Å². The molecule has 48 heavy (non-hydrogen) atoms. The van der Waals surface area contributed by atoms with Crippen LogP contribution in [0.15, 0.2) is 85.2 Å². The Balaban J connectivity index is 0.996. The van der Waals surface area contributed by atoms with Crippen molar-refractivity contribution in [2.24, 2.45) is 0 Å². The number of carbonyl (C=O) groups is 1. The molecule has 1 aliphatic carbocycles. The Morgan fingerprint density at radius 1 is 0.812 bits per heavy atom. The molecule has 4 N–H and O–H groups in total. The highest BCUT2D eigenvalue weighted by atomic mass is 16.5. The molecule has 248 valence electrons. The number of benzene rings is 3. The van der Waals surface area contributed by atoms with Crippen molar-refractivity contribution in [2.45, 2.75) is 50.9 Å². The first-order valence-electron chi connectivity index (χ1n) is 16.8. The summed E-state index contributed by atoms with van der Waals surface area (Å²) in [7, 11) is 2.21. The third kappa shape index (κ3) is 7.27. The van der Waals surface area contributed by atoms with Gasteiger partial charge in [0.15, 0.2) is 5.65 Å². The van der Waals surface area contributed by atoms with Crippen molar-refractivity contribution in [3.05, 3.63) is 96.3 Å². The fourth-order valence-corrected chi connectivity index (χ4v) is 6.87. The molecule has 2 aliphatic rings. The van der Waals surface area contributed by atoms with E-state index < -0.39 is 0 Å². The van der Waals surface area contributed by atoms with E-state index in [2.05, 4.69) is 42.1 Å². The molecule has 1 saturated heterocycles. The van der Waals surface area contributed by atoms with Gasteiger partial charge in [-0.3, -0.25) is 4.90 Å². The van der Waals surface area contributed by atoms with Gasteiger partial charge in [0.2, 0.25) is 0 Å². The van der Waals surface area contributed by atoms with E-state index in [0.29, 0.717) is 36.4 Å². The Kier molecular flexibility index (Phi) is 9.48. The van der Waals surface area contributed by atoms with Crippen LogP contribution in [0.2, 0.25) is 0 Å². The van der Waals surface area contributed by atoms with Crippen LogP contribution in [0.4, 0.5) is 10.6 Å². The second-order valence-corrected chi connectivity index (χ2v) is 12.8. The van der Waals surface area contributed by atoms with Gasteiger partial charge in [-0.25, -0.2) is 19.4 Å². The van der Waals surface area contributed by atoms with Gasteiger partial charge in [0.05, 0.1) is 11.4 Å². The zero-order valence-corrected chi connectivity index (χ0v) is 27.4. The molecule has 2 amide bonds. The van der Waals surface area contributed by atoms with Crippen LogP contribution in [0, 0.1) is 0 Å². The Morgan fingerprint density at radius 3 is 2.25 bits per heavy atom. The standard InChI is InChI=1S/C37H43N9O2/c1-44-18-20-45(21-19-44)29-12-14-30(15-13-29)46-36-33(35(38)41-25-42-36)34(43-46)28-10-16-31(17-11-28)48-32-9-5-8-27(22-32)24-40-37(47)39-23-26-6-3-2-4-7-26/h2-11,16-17,22,25,29-30H,12-15,18-21,23-24H2,1H3,(H2,38,41,42)(H2,39,40,47). The lowest BCUT2D eigenvalue weighted by atomic mass is 9.90. The van der Waals surface area contributed by atoms with Crippen molar-refractivity contribution >= 4 is 22.9 Å². The van der Waals surface area contributed by atoms with Crippen molar-refractivity contribution in [3.63, 3.8) is 0 Å². The number of nitrogens with zero attached hydrogens (tertiary/aromatic N) is 6. The maximum Gasteiger partial charge on any atom is 0.315 e. The van der Waals surface area contributed by atoms with Crippen LogP contribution in [-0.4, -0.2) is 74.8 Å². The van der Waals surface area contributed by atoms with E-state index in [1.54, 1.807) is 0 Å². The lowest BCUT2D eigenvalue weighted by Crippen LogP contribution is -2.49. The van der Waals surface area contributed by atoms with Crippen LogP contribution >= 0.6 is 0 Å². The van der Waals surface area contributed by atoms with Gasteiger partial charge < -0.3 is 26.0 Å². The number of piperazine rings is 1. The molecule has 0 bridgehead atoms. The van der Waals surface area contributed by atoms with Crippen molar-refractivity contribution in [2.75, 3.05) is 39.0 Å². The van der Waals surface area contributed by atoms with Crippen LogP contribution < -0.4 is 21.1 Å². The minimum absolute atomic E-state index is 0.222. The van der Waals surface area contributed by atoms with E-state index in [1.165, 1.54) is 6.33 Å². The number of carbonyl (C=O) groups excluding carboxylic acids is 1. The molecule has 0 spiro atoms. The molecule has 3 heterocycles. The molecule has 2 fully saturated rings. The Hall–Kier alpha value is -5.00. The number of ether oxygens (including phenoxy) is 1. The zero-order valence-electron chi connectivity index (χ0n) is 27.4. The van der Waals surface area contributed by atoms with Gasteiger partial charge >= 0.3 is 6.03 Å². The molecule has 2 aromatic heterocycles. The molecule has 11 heteroatoms. The molecule has 3 aromatic carbocycles. The smallest absolute Gasteiger partial charge is 0.315 e. The summed E-state index contributed by atoms with van der Waals surface area (Å²) in [6.45, 7) is 5.45. The number of likely N-dealkylation sites (N-methyl/N-ethyl adjacent to an activating group) is 1. The summed E-state index contributed by atoms with van der Waals surface area (Å²) < 4.78 is 8.28. The van der Waals surface area contributed by atoms with Gasteiger partial charge in [0.1, 0.15) is 29.3 Å². The summed E-state index contributed by atoms with van der Waals surface area (Å²) in [6.07, 6.45) is 5.99. The average molecular weight is 646 g/mol. The Bertz CT molecular complexity index is 1830. The molecule has 0 radical (unpaired) electrons. The number of rotatable bonds is 9. The number of fused-ring (bicyclic) bond motifs is 1. The van der Waals surface area contributed by atoms with Gasteiger partial charge in [-0.2, -0.15) is 5.10 Å². The highest BCUT2D eigenvalue weighted by molar-refractivity contribution is 5.98. The number of hydrogen-bond donors (Lipinski definition) is 3. The van der Waals surface area contributed by atoms with E-state index in [9.17, 15) is 4.79 Å². The van der Waals surface area contributed by atoms with E-state index in [0.717, 1.165) is 85.3 Å². The van der Waals surface area contributed by atoms with Crippen molar-refractivity contribution in [3.8, 4) is 22.8 Å². The number of aromatic nitrogens is 4. The Morgan fingerprint density at radius 2 is 1.50 bits per heavy atom. The molecule has 1 aliphatic heterocycles. The van der Waals surface area contributed by atoms with Crippen molar-refractivity contribution < 1.29 is 9.53 Å². The monoisotopic (exact) mass is 645 g/mol. The van der Waals surface area contributed by atoms with Crippen molar-refractivity contribution in [1.29, 1.82) is 0 Å². The van der Waals surface area contributed by atoms with Gasteiger partial charge in [-0.05, 0) is 80.3 Å². The maximum absolute atomic E-state index is 12.3. The van der Waals surface area contributed by atoms with Crippen LogP contribution in [0.3, 0.4) is 0 Å². The van der Waals surface area contributed by atoms with Crippen molar-refractivity contribution in [1.82, 2.24) is 40.2 Å². The van der Waals surface area contributed by atoms with Crippen LogP contribution in [0.5, 0.6) is 11.5 Å². The molecule has 5 aromatic rings. The normalized spacial score (nSPS) is 18.9. The molecule has 0 atom stereocenters. The highest BCUT2D eigenvalue weighted by Crippen LogP contribution is 2.37. The minimum atomic E-state index is -0.222. The topological polar surface area (TPSA) is 126 Å². The third-order valence-corrected chi connectivity index (χ3v) is 9.60. The van der Waals surface area contributed by atoms with Gasteiger partial charge in [0.25, 0.3) is 0 Å². The molecular weight excluding hydrogens is 602 g/mol. The first-order valence-corrected chi connectivity index (χ1v) is 16.8. The Labute approximate surface area is 281 Å². The number of nitrogens with two attached hydrogens (primary N) is 1. The van der Waals surface area contributed by atoms with Gasteiger partial charge in [-0.15, -0.1) is 0 Å². The third-order valence-electron chi connectivity index (χ3n) is 9.60. The first kappa shape index (κ1) is 31.6. The summed E-state index contributed by atoms with van der Waals surface area (Å²) >= 11 is 0. The van der Waals surface area contributed by atoms with Crippen LogP contribution in [-0.2, 0) is 13.1 Å². The number of amides is 2. The zero-order chi connectivity index (χ0) is 32.9. The lowest BCUT2D eigenvalue weighted by Gasteiger charge is -2.41. The predicted octanol–water partition coefficient (Wildman–Crippen LogP) is 5.60. The fourth-order valence-electron chi connectivity index (χ4n) is 6.87. The van der Waals surface area contributed by atoms with E-state index in [1.807, 2.05) is 78.9 Å². The first-order chi connectivity index (χ1) is 23.5. The maximum atomic E-state index is 12.3. The fraction of sp³-hybridized carbons (Fsp3) is 0.351. The highest BCUT2D eigenvalue weighted by Gasteiger charge is 2.30. The van der Waals surface area contributed by atoms with E-state index >= 15 is 0 Å². The molecule has 11 nitrogen and oxygen atoms in total. The summed E-state index contributed by atoms with van der Waals surface area (Å²) in [4.78, 5) is 26.4. The van der Waals surface area contributed by atoms with E-state index in [4.69, 9.17) is 15.6 Å². The number of hydrogen-bond acceptors (Lipinski definition) is 8.